The minimum Gasteiger partial charge on any atom is -0.480 e. The summed E-state index contributed by atoms with van der Waals surface area (Å²) in [5.41, 5.74) is 0. The van der Waals surface area contributed by atoms with Crippen LogP contribution in [-0.2, 0) is 4.79 Å². The average Bonchev–Trinajstić information content (AvgIpc) is 2.15. The van der Waals surface area contributed by atoms with E-state index in [1.165, 1.54) is 12.8 Å². The van der Waals surface area contributed by atoms with Crippen LogP contribution in [0.25, 0.3) is 0 Å². The monoisotopic (exact) mass is 200 g/mol. The maximum absolute atomic E-state index is 10.7. The van der Waals surface area contributed by atoms with Crippen molar-refractivity contribution in [3.8, 4) is 0 Å². The van der Waals surface area contributed by atoms with Gasteiger partial charge in [0.25, 0.3) is 0 Å². The molecule has 1 saturated heterocycles. The van der Waals surface area contributed by atoms with E-state index in [1.807, 2.05) is 18.7 Å². The van der Waals surface area contributed by atoms with Gasteiger partial charge in [-0.15, -0.1) is 0 Å². The topological polar surface area (TPSA) is 52.6 Å². The summed E-state index contributed by atoms with van der Waals surface area (Å²) in [6.07, 6.45) is 3.71. The van der Waals surface area contributed by atoms with E-state index in [4.69, 9.17) is 5.11 Å². The lowest BCUT2D eigenvalue weighted by molar-refractivity contribution is -0.140. The smallest absolute Gasteiger partial charge is 0.317 e. The van der Waals surface area contributed by atoms with Crippen LogP contribution in [0.5, 0.6) is 0 Å². The number of aliphatic carboxylic acids is 1. The molecular formula is C10H20N2O2. The van der Waals surface area contributed by atoms with Crippen LogP contribution in [0.15, 0.2) is 0 Å². The predicted octanol–water partition coefficient (Wildman–Crippen LogP) is 0.881. The lowest BCUT2D eigenvalue weighted by atomic mass is 10.1. The van der Waals surface area contributed by atoms with Gasteiger partial charge < -0.3 is 10.4 Å². The molecule has 0 amide bonds. The first-order chi connectivity index (χ1) is 6.61. The van der Waals surface area contributed by atoms with Gasteiger partial charge in [0, 0.05) is 6.04 Å². The van der Waals surface area contributed by atoms with Crippen molar-refractivity contribution in [2.45, 2.75) is 45.3 Å². The van der Waals surface area contributed by atoms with Crippen LogP contribution >= 0.6 is 0 Å². The van der Waals surface area contributed by atoms with E-state index in [-0.39, 0.29) is 18.8 Å². The first-order valence-corrected chi connectivity index (χ1v) is 5.32. The second kappa shape index (κ2) is 5.32. The molecule has 0 aliphatic carbocycles. The number of rotatable bonds is 4. The zero-order chi connectivity index (χ0) is 10.6. The van der Waals surface area contributed by atoms with Gasteiger partial charge in [-0.05, 0) is 39.7 Å². The zero-order valence-electron chi connectivity index (χ0n) is 8.99. The Morgan fingerprint density at radius 3 is 2.71 bits per heavy atom. The fraction of sp³-hybridized carbons (Fsp3) is 0.900. The van der Waals surface area contributed by atoms with Crippen molar-refractivity contribution in [1.29, 1.82) is 0 Å². The Bertz CT molecular complexity index is 189. The van der Waals surface area contributed by atoms with E-state index in [0.29, 0.717) is 0 Å². The summed E-state index contributed by atoms with van der Waals surface area (Å²) < 4.78 is 0. The van der Waals surface area contributed by atoms with E-state index in [1.54, 1.807) is 0 Å². The van der Waals surface area contributed by atoms with Gasteiger partial charge in [0.2, 0.25) is 0 Å². The van der Waals surface area contributed by atoms with Crippen molar-refractivity contribution in [1.82, 2.24) is 10.2 Å². The Hall–Kier alpha value is -0.610. The number of hydrogen-bond acceptors (Lipinski definition) is 3. The van der Waals surface area contributed by atoms with Gasteiger partial charge in [-0.3, -0.25) is 9.69 Å². The van der Waals surface area contributed by atoms with Crippen molar-refractivity contribution in [2.75, 3.05) is 13.1 Å². The number of nitrogens with one attached hydrogen (secondary N) is 1. The second-order valence-electron chi connectivity index (χ2n) is 4.13. The standard InChI is InChI=1S/C10H20N2O2/c1-8(2)12(7-10(13)14)9-5-3-4-6-11-9/h8-9,11H,3-7H2,1-2H3,(H,13,14). The third-order valence-electron chi connectivity index (χ3n) is 2.67. The molecule has 0 spiro atoms. The van der Waals surface area contributed by atoms with E-state index in [0.717, 1.165) is 13.0 Å². The summed E-state index contributed by atoms with van der Waals surface area (Å²) in [6.45, 7) is 5.22. The molecule has 0 aromatic carbocycles. The number of nitrogens with zero attached hydrogens (tertiary/aromatic N) is 1. The van der Waals surface area contributed by atoms with E-state index >= 15 is 0 Å². The fourth-order valence-electron chi connectivity index (χ4n) is 1.93. The number of carbonyl (C=O) groups is 1. The molecule has 1 rings (SSSR count). The highest BCUT2D eigenvalue weighted by Crippen LogP contribution is 2.13. The molecule has 82 valence electrons. The first kappa shape index (κ1) is 11.5. The van der Waals surface area contributed by atoms with Gasteiger partial charge in [-0.2, -0.15) is 0 Å². The van der Waals surface area contributed by atoms with Crippen LogP contribution in [0, 0.1) is 0 Å². The summed E-state index contributed by atoms with van der Waals surface area (Å²) in [4.78, 5) is 12.7. The van der Waals surface area contributed by atoms with E-state index in [9.17, 15) is 4.79 Å². The molecule has 1 aliphatic heterocycles. The Labute approximate surface area is 85.3 Å². The molecule has 0 bridgehead atoms. The normalized spacial score (nSPS) is 23.0. The van der Waals surface area contributed by atoms with Crippen LogP contribution in [0.1, 0.15) is 33.1 Å². The predicted molar refractivity (Wildman–Crippen MR) is 55.1 cm³/mol. The molecular weight excluding hydrogens is 180 g/mol. The molecule has 14 heavy (non-hydrogen) atoms. The Balaban J connectivity index is 2.51. The van der Waals surface area contributed by atoms with Crippen molar-refractivity contribution in [2.24, 2.45) is 0 Å². The Kier molecular flexibility index (Phi) is 4.35. The molecule has 1 atom stereocenters. The number of hydrogen-bond donors (Lipinski definition) is 2. The quantitative estimate of drug-likeness (QED) is 0.707. The van der Waals surface area contributed by atoms with E-state index < -0.39 is 5.97 Å². The van der Waals surface area contributed by atoms with Crippen molar-refractivity contribution in [3.05, 3.63) is 0 Å². The fourth-order valence-corrected chi connectivity index (χ4v) is 1.93. The molecule has 0 saturated carbocycles. The molecule has 1 unspecified atom stereocenters. The largest absolute Gasteiger partial charge is 0.480 e. The van der Waals surface area contributed by atoms with Crippen LogP contribution in [0.3, 0.4) is 0 Å². The number of carboxylic acid groups (broad SMARTS) is 1. The van der Waals surface area contributed by atoms with Gasteiger partial charge in [0.05, 0.1) is 12.7 Å². The molecule has 0 aromatic rings. The van der Waals surface area contributed by atoms with Gasteiger partial charge in [0.1, 0.15) is 0 Å². The molecule has 4 nitrogen and oxygen atoms in total. The van der Waals surface area contributed by atoms with Gasteiger partial charge in [-0.25, -0.2) is 0 Å². The zero-order valence-corrected chi connectivity index (χ0v) is 8.99. The molecule has 1 aliphatic rings. The highest BCUT2D eigenvalue weighted by atomic mass is 16.4. The Morgan fingerprint density at radius 1 is 1.57 bits per heavy atom. The third kappa shape index (κ3) is 3.27. The molecule has 2 N–H and O–H groups in total. The summed E-state index contributed by atoms with van der Waals surface area (Å²) in [5, 5.41) is 12.2. The molecule has 1 fully saturated rings. The molecule has 0 aromatic heterocycles. The molecule has 1 heterocycles. The second-order valence-corrected chi connectivity index (χ2v) is 4.13. The van der Waals surface area contributed by atoms with Crippen molar-refractivity contribution < 1.29 is 9.90 Å². The van der Waals surface area contributed by atoms with Crippen LogP contribution in [0.4, 0.5) is 0 Å². The highest BCUT2D eigenvalue weighted by Gasteiger charge is 2.24. The highest BCUT2D eigenvalue weighted by molar-refractivity contribution is 5.69. The van der Waals surface area contributed by atoms with Crippen LogP contribution in [-0.4, -0.2) is 41.3 Å². The SMILES string of the molecule is CC(C)N(CC(=O)O)C1CCCCN1. The summed E-state index contributed by atoms with van der Waals surface area (Å²) >= 11 is 0. The maximum atomic E-state index is 10.7. The Morgan fingerprint density at radius 2 is 2.29 bits per heavy atom. The summed E-state index contributed by atoms with van der Waals surface area (Å²) in [6, 6.07) is 0.279. The minimum absolute atomic E-state index is 0.134. The summed E-state index contributed by atoms with van der Waals surface area (Å²) in [7, 11) is 0. The van der Waals surface area contributed by atoms with Crippen molar-refractivity contribution >= 4 is 5.97 Å². The van der Waals surface area contributed by atoms with Crippen LogP contribution in [0.2, 0.25) is 0 Å². The first-order valence-electron chi connectivity index (χ1n) is 5.32. The minimum atomic E-state index is -0.744. The number of piperidine rings is 1. The number of carboxylic acids is 1. The van der Waals surface area contributed by atoms with Crippen molar-refractivity contribution in [3.63, 3.8) is 0 Å². The van der Waals surface area contributed by atoms with Gasteiger partial charge in [-0.1, -0.05) is 0 Å². The molecule has 4 heteroatoms. The van der Waals surface area contributed by atoms with E-state index in [2.05, 4.69) is 5.32 Å². The molecule has 0 radical (unpaired) electrons. The lowest BCUT2D eigenvalue weighted by Crippen LogP contribution is -2.52. The lowest BCUT2D eigenvalue weighted by Gasteiger charge is -2.36. The summed E-state index contributed by atoms with van der Waals surface area (Å²) in [5.74, 6) is -0.744. The van der Waals surface area contributed by atoms with Crippen LogP contribution < -0.4 is 5.32 Å². The average molecular weight is 200 g/mol. The third-order valence-corrected chi connectivity index (χ3v) is 2.67. The van der Waals surface area contributed by atoms with Gasteiger partial charge in [0.15, 0.2) is 0 Å². The van der Waals surface area contributed by atoms with Gasteiger partial charge >= 0.3 is 5.97 Å². The maximum Gasteiger partial charge on any atom is 0.317 e.